The third kappa shape index (κ3) is 7.42. The van der Waals surface area contributed by atoms with Gasteiger partial charge in [-0.1, -0.05) is 80.2 Å². The predicted molar refractivity (Wildman–Crippen MR) is 164 cm³/mol. The molecule has 0 saturated carbocycles. The number of hydrazone groups is 1. The van der Waals surface area contributed by atoms with Crippen LogP contribution >= 0.6 is 11.8 Å². The van der Waals surface area contributed by atoms with Gasteiger partial charge in [-0.3, -0.25) is 9.36 Å². The number of aromatic nitrogens is 3. The van der Waals surface area contributed by atoms with Crippen LogP contribution in [-0.4, -0.2) is 45.7 Å². The molecule has 0 spiro atoms. The highest BCUT2D eigenvalue weighted by atomic mass is 32.2. The number of aryl methyl sites for hydroxylation is 1. The summed E-state index contributed by atoms with van der Waals surface area (Å²) < 4.78 is 1.97. The Morgan fingerprint density at radius 1 is 1.02 bits per heavy atom. The molecular weight excluding hydrogens is 532 g/mol. The first-order valence-corrected chi connectivity index (χ1v) is 14.8. The van der Waals surface area contributed by atoms with Gasteiger partial charge in [-0.05, 0) is 67.6 Å². The van der Waals surface area contributed by atoms with Gasteiger partial charge in [0, 0.05) is 11.3 Å². The lowest BCUT2D eigenvalue weighted by atomic mass is 9.87. The van der Waals surface area contributed by atoms with Crippen molar-refractivity contribution in [2.24, 2.45) is 5.10 Å². The molecule has 0 aliphatic rings. The van der Waals surface area contributed by atoms with E-state index in [0.717, 1.165) is 35.6 Å². The molecule has 0 bridgehead atoms. The number of carbonyl (C=O) groups is 1. The Hall–Kier alpha value is -3.95. The Balaban J connectivity index is 1.48. The molecule has 1 aromatic heterocycles. The lowest BCUT2D eigenvalue weighted by Gasteiger charge is -2.19. The first-order chi connectivity index (χ1) is 19.6. The molecule has 3 aromatic carbocycles. The first kappa shape index (κ1) is 30.0. The fourth-order valence-corrected chi connectivity index (χ4v) is 5.20. The molecule has 1 amide bonds. The highest BCUT2D eigenvalue weighted by Gasteiger charge is 2.19. The summed E-state index contributed by atoms with van der Waals surface area (Å²) in [6, 6.07) is 21.8. The van der Waals surface area contributed by atoms with Gasteiger partial charge >= 0.3 is 0 Å². The maximum atomic E-state index is 12.6. The highest BCUT2D eigenvalue weighted by molar-refractivity contribution is 7.99. The van der Waals surface area contributed by atoms with Crippen LogP contribution in [0.3, 0.4) is 0 Å². The normalized spacial score (nSPS) is 11.9. The van der Waals surface area contributed by atoms with Gasteiger partial charge < -0.3 is 10.0 Å². The zero-order valence-electron chi connectivity index (χ0n) is 24.6. The van der Waals surface area contributed by atoms with E-state index in [1.807, 2.05) is 41.8 Å². The second-order valence-corrected chi connectivity index (χ2v) is 11.9. The van der Waals surface area contributed by atoms with Crippen molar-refractivity contribution in [1.29, 1.82) is 0 Å². The van der Waals surface area contributed by atoms with Gasteiger partial charge in [0.2, 0.25) is 0 Å². The molecule has 0 atom stereocenters. The van der Waals surface area contributed by atoms with Gasteiger partial charge in [0.1, 0.15) is 5.69 Å². The molecule has 41 heavy (non-hydrogen) atoms. The number of quaternary nitrogens is 1. The van der Waals surface area contributed by atoms with Gasteiger partial charge in [-0.2, -0.15) is 5.10 Å². The minimum atomic E-state index is -0.308. The largest absolute Gasteiger partial charge is 0.872 e. The van der Waals surface area contributed by atoms with Crippen LogP contribution in [0.25, 0.3) is 17.1 Å². The highest BCUT2D eigenvalue weighted by Crippen LogP contribution is 2.30. The minimum Gasteiger partial charge on any atom is -0.872 e. The van der Waals surface area contributed by atoms with E-state index in [2.05, 4.69) is 79.6 Å². The Labute approximate surface area is 246 Å². The molecule has 0 aliphatic heterocycles. The topological polar surface area (TPSA) is 99.7 Å². The summed E-state index contributed by atoms with van der Waals surface area (Å²) in [6.07, 6.45) is 1.39. The summed E-state index contributed by atoms with van der Waals surface area (Å²) in [7, 11) is 0. The van der Waals surface area contributed by atoms with Gasteiger partial charge in [0.05, 0.1) is 25.1 Å². The van der Waals surface area contributed by atoms with E-state index in [1.165, 1.54) is 28.4 Å². The number of nitrogens with zero attached hydrogens (tertiary/aromatic N) is 4. The molecule has 4 aromatic rings. The SMILES string of the molecule is CC[NH+](CC)c1ccc(C=NNC(=O)CSc2nnc(-c3ccc(C(C)(C)C)cc3)n2-c2ccc(C)cc2)c([O-])c1. The summed E-state index contributed by atoms with van der Waals surface area (Å²) in [5.41, 5.74) is 8.19. The number of thioether (sulfide) groups is 1. The molecule has 4 rings (SSSR count). The lowest BCUT2D eigenvalue weighted by molar-refractivity contribution is -0.828. The molecule has 8 nitrogen and oxygen atoms in total. The van der Waals surface area contributed by atoms with E-state index in [1.54, 1.807) is 12.1 Å². The zero-order chi connectivity index (χ0) is 29.6. The van der Waals surface area contributed by atoms with Crippen molar-refractivity contribution in [2.45, 2.75) is 52.1 Å². The van der Waals surface area contributed by atoms with Crippen LogP contribution in [0.4, 0.5) is 5.69 Å². The quantitative estimate of drug-likeness (QED) is 0.167. The molecule has 0 saturated heterocycles. The van der Waals surface area contributed by atoms with Crippen LogP contribution in [0, 0.1) is 6.92 Å². The van der Waals surface area contributed by atoms with E-state index in [-0.39, 0.29) is 22.8 Å². The van der Waals surface area contributed by atoms with Gasteiger partial charge in [0.25, 0.3) is 5.91 Å². The smallest absolute Gasteiger partial charge is 0.250 e. The molecule has 0 radical (unpaired) electrons. The summed E-state index contributed by atoms with van der Waals surface area (Å²) in [4.78, 5) is 13.9. The number of rotatable bonds is 10. The number of carbonyl (C=O) groups excluding carboxylic acids is 1. The molecular formula is C32H38N6O2S. The second kappa shape index (κ2) is 13.1. The Kier molecular flexibility index (Phi) is 9.62. The lowest BCUT2D eigenvalue weighted by Crippen LogP contribution is -3.06. The fourth-order valence-electron chi connectivity index (χ4n) is 4.45. The predicted octanol–water partition coefficient (Wildman–Crippen LogP) is 4.41. The third-order valence-electron chi connectivity index (χ3n) is 6.94. The van der Waals surface area contributed by atoms with E-state index >= 15 is 0 Å². The van der Waals surface area contributed by atoms with Crippen LogP contribution in [0.15, 0.2) is 77.0 Å². The van der Waals surface area contributed by atoms with E-state index in [9.17, 15) is 9.90 Å². The monoisotopic (exact) mass is 570 g/mol. The maximum absolute atomic E-state index is 12.6. The third-order valence-corrected chi connectivity index (χ3v) is 7.86. The van der Waals surface area contributed by atoms with Crippen LogP contribution in [0.2, 0.25) is 0 Å². The molecule has 2 N–H and O–H groups in total. The van der Waals surface area contributed by atoms with Crippen LogP contribution in [-0.2, 0) is 10.2 Å². The number of amides is 1. The average molecular weight is 571 g/mol. The summed E-state index contributed by atoms with van der Waals surface area (Å²) in [5.74, 6) is 0.355. The Bertz CT molecular complexity index is 1500. The van der Waals surface area contributed by atoms with Gasteiger partial charge in [-0.25, -0.2) is 5.43 Å². The van der Waals surface area contributed by atoms with Crippen LogP contribution in [0.5, 0.6) is 5.75 Å². The standard InChI is InChI=1S/C32H38N6O2S/c1-7-37(8-2)27-18-13-24(28(39)19-27)20-33-34-29(40)21-41-31-36-35-30(38(31)26-16-9-22(3)10-17-26)23-11-14-25(15-12-23)32(4,5)6/h9-20,39H,7-8,21H2,1-6H3,(H,34,40). The second-order valence-electron chi connectivity index (χ2n) is 10.9. The fraction of sp³-hybridized carbons (Fsp3) is 0.312. The summed E-state index contributed by atoms with van der Waals surface area (Å²) in [6.45, 7) is 14.6. The van der Waals surface area contributed by atoms with E-state index in [4.69, 9.17) is 0 Å². The molecule has 0 unspecified atom stereocenters. The average Bonchev–Trinajstić information content (AvgIpc) is 3.37. The summed E-state index contributed by atoms with van der Waals surface area (Å²) >= 11 is 1.28. The number of benzene rings is 3. The summed E-state index contributed by atoms with van der Waals surface area (Å²) in [5, 5.41) is 26.0. The molecule has 0 fully saturated rings. The maximum Gasteiger partial charge on any atom is 0.250 e. The molecule has 9 heteroatoms. The Morgan fingerprint density at radius 2 is 1.71 bits per heavy atom. The van der Waals surface area contributed by atoms with Crippen molar-refractivity contribution in [3.63, 3.8) is 0 Å². The zero-order valence-corrected chi connectivity index (χ0v) is 25.4. The molecule has 1 heterocycles. The van der Waals surface area contributed by atoms with E-state index < -0.39 is 0 Å². The number of hydrogen-bond donors (Lipinski definition) is 2. The van der Waals surface area contributed by atoms with Crippen molar-refractivity contribution < 1.29 is 14.8 Å². The van der Waals surface area contributed by atoms with Crippen LogP contribution < -0.4 is 15.4 Å². The van der Waals surface area contributed by atoms with E-state index in [0.29, 0.717) is 16.5 Å². The van der Waals surface area contributed by atoms with Crippen molar-refractivity contribution in [1.82, 2.24) is 20.2 Å². The van der Waals surface area contributed by atoms with Crippen LogP contribution in [0.1, 0.15) is 51.3 Å². The minimum absolute atomic E-state index is 0.0466. The van der Waals surface area contributed by atoms with Gasteiger partial charge in [-0.15, -0.1) is 10.2 Å². The van der Waals surface area contributed by atoms with Crippen molar-refractivity contribution >= 4 is 29.6 Å². The first-order valence-electron chi connectivity index (χ1n) is 13.8. The molecule has 214 valence electrons. The number of hydrogen-bond acceptors (Lipinski definition) is 6. The number of nitrogens with one attached hydrogen (secondary N) is 2. The Morgan fingerprint density at radius 3 is 2.32 bits per heavy atom. The van der Waals surface area contributed by atoms with Crippen molar-refractivity contribution in [3.05, 3.63) is 83.4 Å². The van der Waals surface area contributed by atoms with Gasteiger partial charge in [0.15, 0.2) is 11.0 Å². The molecule has 0 aliphatic carbocycles. The van der Waals surface area contributed by atoms with Crippen molar-refractivity contribution in [2.75, 3.05) is 18.8 Å². The van der Waals surface area contributed by atoms with Crippen molar-refractivity contribution in [3.8, 4) is 22.8 Å².